The first-order valence-electron chi connectivity index (χ1n) is 11.4. The maximum absolute atomic E-state index is 13.4. The van der Waals surface area contributed by atoms with Crippen LogP contribution in [0.2, 0.25) is 5.02 Å². The molecule has 3 heterocycles. The lowest BCUT2D eigenvalue weighted by molar-refractivity contribution is 0.0717. The van der Waals surface area contributed by atoms with Crippen LogP contribution in [0.5, 0.6) is 5.75 Å². The second-order valence-electron chi connectivity index (χ2n) is 8.88. The summed E-state index contributed by atoms with van der Waals surface area (Å²) in [5, 5.41) is 8.13. The standard InChI is InChI=1S/C27H26ClN3O3/c1-17(2)13-15-34-21-11-7-19(8-12-21)26-23-24(18-5-9-20(28)10-6-18)29-30-25(23)27(32)31(26)16-22-4-3-14-33-22/h3-12,14,17,26H,13,15-16H2,1-2H3,(H,29,30). The fourth-order valence-electron chi connectivity index (χ4n) is 4.26. The molecule has 1 atom stereocenters. The molecule has 2 aromatic heterocycles. The van der Waals surface area contributed by atoms with Gasteiger partial charge in [0.05, 0.1) is 31.2 Å². The quantitative estimate of drug-likeness (QED) is 0.316. The SMILES string of the molecule is CC(C)CCOc1ccc(C2c3c(-c4ccc(Cl)cc4)n[nH]c3C(=O)N2Cc2ccco2)cc1. The Morgan fingerprint density at radius 3 is 2.56 bits per heavy atom. The molecule has 1 aliphatic rings. The molecule has 0 bridgehead atoms. The van der Waals surface area contributed by atoms with Crippen molar-refractivity contribution >= 4 is 17.5 Å². The third-order valence-corrected chi connectivity index (χ3v) is 6.30. The molecule has 0 saturated carbocycles. The van der Waals surface area contributed by atoms with Gasteiger partial charge >= 0.3 is 0 Å². The van der Waals surface area contributed by atoms with E-state index in [9.17, 15) is 4.79 Å². The number of fused-ring (bicyclic) bond motifs is 1. The second kappa shape index (κ2) is 9.39. The molecule has 1 amide bonds. The fourth-order valence-corrected chi connectivity index (χ4v) is 4.39. The number of H-pyrrole nitrogens is 1. The highest BCUT2D eigenvalue weighted by Gasteiger charge is 2.42. The number of furan rings is 1. The summed E-state index contributed by atoms with van der Waals surface area (Å²) in [6.07, 6.45) is 2.62. The normalized spacial score (nSPS) is 15.2. The van der Waals surface area contributed by atoms with Gasteiger partial charge in [0.25, 0.3) is 5.91 Å². The average Bonchev–Trinajstić information content (AvgIpc) is 3.55. The molecular formula is C27H26ClN3O3. The number of nitrogens with one attached hydrogen (secondary N) is 1. The fraction of sp³-hybridized carbons (Fsp3) is 0.259. The Kier molecular flexibility index (Phi) is 6.16. The molecule has 1 aliphatic heterocycles. The predicted molar refractivity (Wildman–Crippen MR) is 131 cm³/mol. The van der Waals surface area contributed by atoms with E-state index >= 15 is 0 Å². The summed E-state index contributed by atoms with van der Waals surface area (Å²) in [5.74, 6) is 2.01. The van der Waals surface area contributed by atoms with Crippen LogP contribution in [-0.4, -0.2) is 27.6 Å². The van der Waals surface area contributed by atoms with Gasteiger partial charge in [-0.3, -0.25) is 9.89 Å². The van der Waals surface area contributed by atoms with E-state index < -0.39 is 0 Å². The van der Waals surface area contributed by atoms with Gasteiger partial charge in [0.1, 0.15) is 17.2 Å². The van der Waals surface area contributed by atoms with E-state index in [0.717, 1.165) is 40.3 Å². The molecule has 34 heavy (non-hydrogen) atoms. The van der Waals surface area contributed by atoms with Crippen molar-refractivity contribution in [2.75, 3.05) is 6.61 Å². The van der Waals surface area contributed by atoms with Gasteiger partial charge in [-0.2, -0.15) is 5.10 Å². The number of aromatic amines is 1. The molecule has 174 valence electrons. The molecule has 2 aromatic carbocycles. The maximum atomic E-state index is 13.4. The first kappa shape index (κ1) is 22.3. The summed E-state index contributed by atoms with van der Waals surface area (Å²) < 4.78 is 11.5. The summed E-state index contributed by atoms with van der Waals surface area (Å²) in [7, 11) is 0. The van der Waals surface area contributed by atoms with Gasteiger partial charge in [0.15, 0.2) is 0 Å². The largest absolute Gasteiger partial charge is 0.494 e. The van der Waals surface area contributed by atoms with Crippen LogP contribution in [0.3, 0.4) is 0 Å². The highest BCUT2D eigenvalue weighted by molar-refractivity contribution is 6.30. The number of halogens is 1. The Morgan fingerprint density at radius 1 is 1.12 bits per heavy atom. The number of benzene rings is 2. The van der Waals surface area contributed by atoms with E-state index in [4.69, 9.17) is 20.8 Å². The molecule has 4 aromatic rings. The second-order valence-corrected chi connectivity index (χ2v) is 9.32. The van der Waals surface area contributed by atoms with Crippen LogP contribution in [0.4, 0.5) is 0 Å². The molecule has 5 rings (SSSR count). The average molecular weight is 476 g/mol. The lowest BCUT2D eigenvalue weighted by Crippen LogP contribution is -2.28. The van der Waals surface area contributed by atoms with Crippen molar-refractivity contribution in [1.82, 2.24) is 15.1 Å². The Labute approximate surface area is 203 Å². The van der Waals surface area contributed by atoms with Gasteiger partial charge in [0.2, 0.25) is 0 Å². The van der Waals surface area contributed by atoms with Crippen LogP contribution in [-0.2, 0) is 6.54 Å². The molecule has 0 saturated heterocycles. The number of ether oxygens (including phenoxy) is 1. The third-order valence-electron chi connectivity index (χ3n) is 6.05. The minimum absolute atomic E-state index is 0.110. The zero-order valence-electron chi connectivity index (χ0n) is 19.1. The first-order chi connectivity index (χ1) is 16.5. The van der Waals surface area contributed by atoms with Gasteiger partial charge in [0, 0.05) is 16.1 Å². The zero-order chi connectivity index (χ0) is 23.7. The predicted octanol–water partition coefficient (Wildman–Crippen LogP) is 6.49. The van der Waals surface area contributed by atoms with Crippen LogP contribution in [0.1, 0.15) is 53.7 Å². The van der Waals surface area contributed by atoms with Crippen LogP contribution in [0, 0.1) is 5.92 Å². The van der Waals surface area contributed by atoms with E-state index in [2.05, 4.69) is 24.0 Å². The Morgan fingerprint density at radius 2 is 1.88 bits per heavy atom. The van der Waals surface area contributed by atoms with Gasteiger partial charge in [-0.1, -0.05) is 49.7 Å². The summed E-state index contributed by atoms with van der Waals surface area (Å²) in [6.45, 7) is 5.39. The Hall–Kier alpha value is -3.51. The molecule has 6 nitrogen and oxygen atoms in total. The maximum Gasteiger partial charge on any atom is 0.273 e. The van der Waals surface area contributed by atoms with Crippen molar-refractivity contribution in [1.29, 1.82) is 0 Å². The van der Waals surface area contributed by atoms with E-state index in [1.54, 1.807) is 6.26 Å². The molecule has 0 fully saturated rings. The minimum atomic E-state index is -0.318. The van der Waals surface area contributed by atoms with Crippen LogP contribution in [0.15, 0.2) is 71.3 Å². The minimum Gasteiger partial charge on any atom is -0.494 e. The molecule has 0 radical (unpaired) electrons. The number of hydrogen-bond acceptors (Lipinski definition) is 4. The molecule has 0 aliphatic carbocycles. The van der Waals surface area contributed by atoms with Gasteiger partial charge < -0.3 is 14.1 Å². The van der Waals surface area contributed by atoms with Crippen molar-refractivity contribution in [3.8, 4) is 17.0 Å². The van der Waals surface area contributed by atoms with E-state index in [-0.39, 0.29) is 11.9 Å². The molecule has 1 N–H and O–H groups in total. The van der Waals surface area contributed by atoms with Crippen molar-refractivity contribution in [3.63, 3.8) is 0 Å². The molecule has 0 spiro atoms. The van der Waals surface area contributed by atoms with Crippen molar-refractivity contribution in [2.24, 2.45) is 5.92 Å². The lowest BCUT2D eigenvalue weighted by Gasteiger charge is -2.25. The van der Waals surface area contributed by atoms with Crippen molar-refractivity contribution < 1.29 is 13.9 Å². The summed E-state index contributed by atoms with van der Waals surface area (Å²) in [6, 6.07) is 18.8. The van der Waals surface area contributed by atoms with Crippen molar-refractivity contribution in [3.05, 3.63) is 94.5 Å². The van der Waals surface area contributed by atoms with E-state index in [1.165, 1.54) is 0 Å². The van der Waals surface area contributed by atoms with E-state index in [0.29, 0.717) is 29.8 Å². The number of aromatic nitrogens is 2. The highest BCUT2D eigenvalue weighted by atomic mass is 35.5. The number of carbonyl (C=O) groups is 1. The smallest absolute Gasteiger partial charge is 0.273 e. The third kappa shape index (κ3) is 4.33. The summed E-state index contributed by atoms with van der Waals surface area (Å²) >= 11 is 6.10. The summed E-state index contributed by atoms with van der Waals surface area (Å²) in [5.41, 5.74) is 3.97. The first-order valence-corrected chi connectivity index (χ1v) is 11.8. The number of carbonyl (C=O) groups excluding carboxylic acids is 1. The number of amides is 1. The van der Waals surface area contributed by atoms with Crippen LogP contribution >= 0.6 is 11.6 Å². The lowest BCUT2D eigenvalue weighted by atomic mass is 9.96. The number of hydrogen-bond donors (Lipinski definition) is 1. The number of rotatable bonds is 8. The van der Waals surface area contributed by atoms with Gasteiger partial charge in [-0.05, 0) is 54.3 Å². The monoisotopic (exact) mass is 475 g/mol. The topological polar surface area (TPSA) is 71.4 Å². The Balaban J connectivity index is 1.52. The molecule has 1 unspecified atom stereocenters. The highest BCUT2D eigenvalue weighted by Crippen LogP contribution is 2.43. The van der Waals surface area contributed by atoms with Crippen LogP contribution < -0.4 is 4.74 Å². The van der Waals surface area contributed by atoms with E-state index in [1.807, 2.05) is 65.6 Å². The van der Waals surface area contributed by atoms with Gasteiger partial charge in [-0.15, -0.1) is 0 Å². The van der Waals surface area contributed by atoms with Crippen LogP contribution in [0.25, 0.3) is 11.3 Å². The zero-order valence-corrected chi connectivity index (χ0v) is 19.9. The van der Waals surface area contributed by atoms with Crippen molar-refractivity contribution in [2.45, 2.75) is 32.9 Å². The number of nitrogens with zero attached hydrogens (tertiary/aromatic N) is 2. The summed E-state index contributed by atoms with van der Waals surface area (Å²) in [4.78, 5) is 15.3. The molecular weight excluding hydrogens is 450 g/mol. The van der Waals surface area contributed by atoms with Gasteiger partial charge in [-0.25, -0.2) is 0 Å². The Bertz CT molecular complexity index is 1260. The molecule has 7 heteroatoms.